The minimum atomic E-state index is -4.52. The number of carbonyl (C=O) groups excluding carboxylic acids is 1. The lowest BCUT2D eigenvalue weighted by Crippen LogP contribution is -2.46. The summed E-state index contributed by atoms with van der Waals surface area (Å²) in [6.07, 6.45) is -1.94. The predicted molar refractivity (Wildman–Crippen MR) is 97.0 cm³/mol. The van der Waals surface area contributed by atoms with Crippen LogP contribution in [0.3, 0.4) is 0 Å². The van der Waals surface area contributed by atoms with Gasteiger partial charge < -0.3 is 19.7 Å². The molecular weight excluding hydrogens is 377 g/mol. The third-order valence-corrected chi connectivity index (χ3v) is 4.33. The SMILES string of the molecule is CCNC(=NCCOc1ncccc1C(F)(F)F)N1CCC(C(=O)OC)CC1. The molecule has 1 aliphatic rings. The second-order valence-electron chi connectivity index (χ2n) is 6.22. The van der Waals surface area contributed by atoms with Crippen molar-refractivity contribution in [2.45, 2.75) is 25.9 Å². The van der Waals surface area contributed by atoms with E-state index in [1.54, 1.807) is 0 Å². The molecule has 2 heterocycles. The van der Waals surface area contributed by atoms with Crippen molar-refractivity contribution in [3.8, 4) is 5.88 Å². The van der Waals surface area contributed by atoms with Crippen LogP contribution in [0.2, 0.25) is 0 Å². The highest BCUT2D eigenvalue weighted by Gasteiger charge is 2.35. The summed E-state index contributed by atoms with van der Waals surface area (Å²) in [4.78, 5) is 21.7. The van der Waals surface area contributed by atoms with Gasteiger partial charge in [-0.15, -0.1) is 0 Å². The fourth-order valence-electron chi connectivity index (χ4n) is 2.93. The summed E-state index contributed by atoms with van der Waals surface area (Å²) in [6, 6.07) is 2.15. The molecule has 0 amide bonds. The Morgan fingerprint density at radius 3 is 2.71 bits per heavy atom. The Labute approximate surface area is 161 Å². The second kappa shape index (κ2) is 10.1. The molecule has 0 atom stereocenters. The molecule has 1 N–H and O–H groups in total. The van der Waals surface area contributed by atoms with E-state index in [9.17, 15) is 18.0 Å². The van der Waals surface area contributed by atoms with Crippen LogP contribution in [0.15, 0.2) is 23.3 Å². The van der Waals surface area contributed by atoms with Crippen LogP contribution in [0.5, 0.6) is 5.88 Å². The van der Waals surface area contributed by atoms with Crippen molar-refractivity contribution in [2.75, 3.05) is 39.9 Å². The molecule has 0 radical (unpaired) electrons. The number of nitrogens with zero attached hydrogens (tertiary/aromatic N) is 3. The van der Waals surface area contributed by atoms with Crippen molar-refractivity contribution in [2.24, 2.45) is 10.9 Å². The minimum absolute atomic E-state index is 0.0341. The quantitative estimate of drug-likeness (QED) is 0.341. The van der Waals surface area contributed by atoms with Gasteiger partial charge in [-0.25, -0.2) is 9.98 Å². The maximum absolute atomic E-state index is 12.9. The fourth-order valence-corrected chi connectivity index (χ4v) is 2.93. The molecule has 156 valence electrons. The minimum Gasteiger partial charge on any atom is -0.475 e. The van der Waals surface area contributed by atoms with Crippen LogP contribution in [-0.2, 0) is 15.7 Å². The van der Waals surface area contributed by atoms with Gasteiger partial charge in [0, 0.05) is 25.8 Å². The molecule has 1 fully saturated rings. The fraction of sp³-hybridized carbons (Fsp3) is 0.611. The number of aromatic nitrogens is 1. The van der Waals surface area contributed by atoms with Gasteiger partial charge in [-0.2, -0.15) is 13.2 Å². The maximum Gasteiger partial charge on any atom is 0.421 e. The third-order valence-electron chi connectivity index (χ3n) is 4.33. The number of hydrogen-bond donors (Lipinski definition) is 1. The molecule has 0 spiro atoms. The van der Waals surface area contributed by atoms with Crippen LogP contribution < -0.4 is 10.1 Å². The van der Waals surface area contributed by atoms with Gasteiger partial charge in [0.15, 0.2) is 5.96 Å². The van der Waals surface area contributed by atoms with E-state index in [4.69, 9.17) is 9.47 Å². The number of methoxy groups -OCH3 is 1. The lowest BCUT2D eigenvalue weighted by atomic mass is 9.97. The molecule has 0 saturated carbocycles. The Hall–Kier alpha value is -2.52. The van der Waals surface area contributed by atoms with E-state index >= 15 is 0 Å². The smallest absolute Gasteiger partial charge is 0.421 e. The lowest BCUT2D eigenvalue weighted by molar-refractivity contribution is -0.146. The topological polar surface area (TPSA) is 76.1 Å². The van der Waals surface area contributed by atoms with E-state index in [0.29, 0.717) is 38.4 Å². The zero-order valence-electron chi connectivity index (χ0n) is 16.0. The number of carbonyl (C=O) groups is 1. The van der Waals surface area contributed by atoms with Gasteiger partial charge in [0.25, 0.3) is 0 Å². The van der Waals surface area contributed by atoms with E-state index < -0.39 is 17.6 Å². The normalized spacial score (nSPS) is 16.0. The molecule has 1 aromatic heterocycles. The number of guanidine groups is 1. The zero-order valence-corrected chi connectivity index (χ0v) is 16.0. The Bertz CT molecular complexity index is 674. The van der Waals surface area contributed by atoms with Gasteiger partial charge >= 0.3 is 12.1 Å². The van der Waals surface area contributed by atoms with Gasteiger partial charge in [-0.3, -0.25) is 4.79 Å². The molecule has 1 aromatic rings. The second-order valence-corrected chi connectivity index (χ2v) is 6.22. The van der Waals surface area contributed by atoms with E-state index in [-0.39, 0.29) is 25.0 Å². The first-order chi connectivity index (χ1) is 13.4. The Kier molecular flexibility index (Phi) is 7.89. The van der Waals surface area contributed by atoms with Crippen molar-refractivity contribution in [3.63, 3.8) is 0 Å². The summed E-state index contributed by atoms with van der Waals surface area (Å²) in [5.74, 6) is -0.121. The average Bonchev–Trinajstić information content (AvgIpc) is 2.69. The molecule has 2 rings (SSSR count). The molecule has 0 aromatic carbocycles. The van der Waals surface area contributed by atoms with E-state index in [1.807, 2.05) is 11.8 Å². The third kappa shape index (κ3) is 6.00. The number of aliphatic imine (C=N–C) groups is 1. The molecule has 0 bridgehead atoms. The number of pyridine rings is 1. The Balaban J connectivity index is 1.91. The van der Waals surface area contributed by atoms with Crippen LogP contribution in [0, 0.1) is 5.92 Å². The number of halogens is 3. The number of ether oxygens (including phenoxy) is 2. The largest absolute Gasteiger partial charge is 0.475 e. The molecule has 7 nitrogen and oxygen atoms in total. The summed E-state index contributed by atoms with van der Waals surface area (Å²) >= 11 is 0. The average molecular weight is 402 g/mol. The number of rotatable bonds is 6. The molecule has 0 aliphatic carbocycles. The number of nitrogens with one attached hydrogen (secondary N) is 1. The molecule has 1 aliphatic heterocycles. The highest BCUT2D eigenvalue weighted by Crippen LogP contribution is 2.34. The summed E-state index contributed by atoms with van der Waals surface area (Å²) in [5, 5.41) is 3.15. The van der Waals surface area contributed by atoms with Gasteiger partial charge in [0.2, 0.25) is 5.88 Å². The first-order valence-corrected chi connectivity index (χ1v) is 9.13. The van der Waals surface area contributed by atoms with E-state index in [1.165, 1.54) is 19.4 Å². The van der Waals surface area contributed by atoms with Crippen LogP contribution in [-0.4, -0.2) is 61.7 Å². The number of esters is 1. The lowest BCUT2D eigenvalue weighted by Gasteiger charge is -2.33. The van der Waals surface area contributed by atoms with Gasteiger partial charge in [0.05, 0.1) is 19.6 Å². The van der Waals surface area contributed by atoms with Gasteiger partial charge in [-0.05, 0) is 31.9 Å². The van der Waals surface area contributed by atoms with Crippen molar-refractivity contribution in [3.05, 3.63) is 23.9 Å². The summed E-state index contributed by atoms with van der Waals surface area (Å²) in [6.45, 7) is 4.00. The van der Waals surface area contributed by atoms with E-state index in [0.717, 1.165) is 6.07 Å². The van der Waals surface area contributed by atoms with Crippen LogP contribution in [0.1, 0.15) is 25.3 Å². The van der Waals surface area contributed by atoms with Crippen LogP contribution in [0.4, 0.5) is 13.2 Å². The number of alkyl halides is 3. The number of hydrogen-bond acceptors (Lipinski definition) is 5. The number of likely N-dealkylation sites (tertiary alicyclic amines) is 1. The highest BCUT2D eigenvalue weighted by molar-refractivity contribution is 5.80. The van der Waals surface area contributed by atoms with Crippen molar-refractivity contribution in [1.29, 1.82) is 0 Å². The maximum atomic E-state index is 12.9. The highest BCUT2D eigenvalue weighted by atomic mass is 19.4. The standard InChI is InChI=1S/C18H25F3N4O3/c1-3-22-17(25-10-6-13(7-11-25)16(26)27-2)24-9-12-28-15-14(18(19,20)21)5-4-8-23-15/h4-5,8,13H,3,6-7,9-12H2,1-2H3,(H,22,24). The summed E-state index contributed by atoms with van der Waals surface area (Å²) in [5.41, 5.74) is -0.907. The molecule has 0 unspecified atom stereocenters. The summed E-state index contributed by atoms with van der Waals surface area (Å²) in [7, 11) is 1.38. The Morgan fingerprint density at radius 2 is 2.11 bits per heavy atom. The monoisotopic (exact) mass is 402 g/mol. The molecule has 10 heteroatoms. The van der Waals surface area contributed by atoms with Gasteiger partial charge in [0.1, 0.15) is 12.2 Å². The molecular formula is C18H25F3N4O3. The predicted octanol–water partition coefficient (Wildman–Crippen LogP) is 2.33. The van der Waals surface area contributed by atoms with Crippen LogP contribution >= 0.6 is 0 Å². The van der Waals surface area contributed by atoms with Crippen LogP contribution in [0.25, 0.3) is 0 Å². The first kappa shape index (κ1) is 21.8. The Morgan fingerprint density at radius 1 is 1.39 bits per heavy atom. The molecule has 28 heavy (non-hydrogen) atoms. The number of piperidine rings is 1. The summed E-state index contributed by atoms with van der Waals surface area (Å²) < 4.78 is 48.8. The first-order valence-electron chi connectivity index (χ1n) is 9.13. The van der Waals surface area contributed by atoms with Crippen molar-refractivity contribution in [1.82, 2.24) is 15.2 Å². The van der Waals surface area contributed by atoms with Crippen molar-refractivity contribution < 1.29 is 27.4 Å². The van der Waals surface area contributed by atoms with E-state index in [2.05, 4.69) is 15.3 Å². The molecule has 1 saturated heterocycles. The van der Waals surface area contributed by atoms with Gasteiger partial charge in [-0.1, -0.05) is 0 Å². The zero-order chi connectivity index (χ0) is 20.6. The van der Waals surface area contributed by atoms with Crippen molar-refractivity contribution >= 4 is 11.9 Å².